The molecule has 0 radical (unpaired) electrons. The molecule has 0 amide bonds. The Labute approximate surface area is 128 Å². The lowest BCUT2D eigenvalue weighted by Crippen LogP contribution is -2.40. The van der Waals surface area contributed by atoms with Gasteiger partial charge < -0.3 is 14.7 Å². The van der Waals surface area contributed by atoms with Crippen molar-refractivity contribution >= 4 is 6.08 Å². The number of hydrogen-bond acceptors (Lipinski definition) is 3. The summed E-state index contributed by atoms with van der Waals surface area (Å²) in [6, 6.07) is 7.77. The monoisotopic (exact) mass is 289 g/mol. The summed E-state index contributed by atoms with van der Waals surface area (Å²) in [4.78, 5) is 2.07. The first-order valence-corrected chi connectivity index (χ1v) is 7.17. The average molecular weight is 289 g/mol. The molecule has 0 aliphatic heterocycles. The molecule has 1 aromatic carbocycles. The highest BCUT2D eigenvalue weighted by Gasteiger charge is 2.32. The number of rotatable bonds is 7. The molecule has 2 unspecified atom stereocenters. The number of ether oxygens (including phenoxy) is 1. The predicted octanol–water partition coefficient (Wildman–Crippen LogP) is 3.21. The van der Waals surface area contributed by atoms with E-state index in [-0.39, 0.29) is 5.92 Å². The molecular formula is C18H27NO2. The van der Waals surface area contributed by atoms with Crippen LogP contribution in [0.25, 0.3) is 6.08 Å². The van der Waals surface area contributed by atoms with Crippen LogP contribution in [-0.2, 0) is 0 Å². The summed E-state index contributed by atoms with van der Waals surface area (Å²) in [6.45, 7) is 8.59. The number of aliphatic hydroxyl groups is 1. The van der Waals surface area contributed by atoms with E-state index in [1.807, 2.05) is 58.3 Å². The number of methoxy groups -OCH3 is 1. The van der Waals surface area contributed by atoms with Gasteiger partial charge in [-0.2, -0.15) is 0 Å². The van der Waals surface area contributed by atoms with Crippen LogP contribution in [0.5, 0.6) is 5.75 Å². The molecule has 3 nitrogen and oxygen atoms in total. The van der Waals surface area contributed by atoms with Gasteiger partial charge in [-0.15, -0.1) is 0 Å². The molecule has 1 rings (SSSR count). The minimum Gasteiger partial charge on any atom is -0.497 e. The van der Waals surface area contributed by atoms with Gasteiger partial charge in [0.05, 0.1) is 7.11 Å². The molecule has 1 aromatic rings. The second-order valence-corrected chi connectivity index (χ2v) is 5.79. The summed E-state index contributed by atoms with van der Waals surface area (Å²) in [5, 5.41) is 10.9. The lowest BCUT2D eigenvalue weighted by Gasteiger charge is -2.34. The fourth-order valence-corrected chi connectivity index (χ4v) is 2.50. The number of nitrogens with zero attached hydrogens (tertiary/aromatic N) is 1. The van der Waals surface area contributed by atoms with E-state index in [1.165, 1.54) is 0 Å². The first kappa shape index (κ1) is 17.5. The van der Waals surface area contributed by atoms with E-state index in [4.69, 9.17) is 4.74 Å². The Morgan fingerprint density at radius 1 is 1.38 bits per heavy atom. The molecule has 1 N–H and O–H groups in total. The van der Waals surface area contributed by atoms with Gasteiger partial charge in [-0.3, -0.25) is 0 Å². The van der Waals surface area contributed by atoms with Crippen LogP contribution in [-0.4, -0.2) is 43.4 Å². The summed E-state index contributed by atoms with van der Waals surface area (Å²) in [5.41, 5.74) is 0.909. The Bertz CT molecular complexity index is 490. The van der Waals surface area contributed by atoms with Crippen molar-refractivity contribution in [2.24, 2.45) is 5.92 Å². The molecule has 0 fully saturated rings. The molecule has 0 aliphatic carbocycles. The van der Waals surface area contributed by atoms with Crippen molar-refractivity contribution in [3.8, 4) is 5.75 Å². The van der Waals surface area contributed by atoms with Crippen molar-refractivity contribution in [2.75, 3.05) is 27.7 Å². The number of benzene rings is 1. The van der Waals surface area contributed by atoms with Gasteiger partial charge in [-0.1, -0.05) is 37.8 Å². The van der Waals surface area contributed by atoms with E-state index in [2.05, 4.69) is 11.5 Å². The summed E-state index contributed by atoms with van der Waals surface area (Å²) >= 11 is 0. The second kappa shape index (κ2) is 7.43. The fraction of sp³-hybridized carbons (Fsp3) is 0.444. The Balaban J connectivity index is 3.02. The van der Waals surface area contributed by atoms with Crippen LogP contribution in [0.1, 0.15) is 19.4 Å². The molecule has 116 valence electrons. The smallest absolute Gasteiger partial charge is 0.118 e. The zero-order chi connectivity index (χ0) is 16.0. The standard InChI is InChI=1S/C18H27NO2/c1-7-18(20,15(3)13-19(4)5)14(2)12-16-8-10-17(21-6)11-9-16/h7-12,15,20H,1,13H2,2-6H3/b14-12-. The van der Waals surface area contributed by atoms with Gasteiger partial charge in [0.2, 0.25) is 0 Å². The maximum atomic E-state index is 10.9. The quantitative estimate of drug-likeness (QED) is 0.782. The highest BCUT2D eigenvalue weighted by atomic mass is 16.5. The van der Waals surface area contributed by atoms with E-state index in [0.717, 1.165) is 23.4 Å². The predicted molar refractivity (Wildman–Crippen MR) is 89.5 cm³/mol. The van der Waals surface area contributed by atoms with Gasteiger partial charge >= 0.3 is 0 Å². The van der Waals surface area contributed by atoms with Crippen LogP contribution in [0.3, 0.4) is 0 Å². The van der Waals surface area contributed by atoms with Gasteiger partial charge in [0.15, 0.2) is 0 Å². The molecule has 0 bridgehead atoms. The topological polar surface area (TPSA) is 32.7 Å². The molecule has 0 saturated heterocycles. The summed E-state index contributed by atoms with van der Waals surface area (Å²) in [5.74, 6) is 0.879. The normalized spacial score (nSPS) is 16.4. The minimum absolute atomic E-state index is 0.0551. The van der Waals surface area contributed by atoms with E-state index in [1.54, 1.807) is 13.2 Å². The van der Waals surface area contributed by atoms with Crippen LogP contribution in [0.2, 0.25) is 0 Å². The molecule has 0 aromatic heterocycles. The fourth-order valence-electron chi connectivity index (χ4n) is 2.50. The molecule has 0 spiro atoms. The lowest BCUT2D eigenvalue weighted by molar-refractivity contribution is 0.0596. The maximum Gasteiger partial charge on any atom is 0.118 e. The van der Waals surface area contributed by atoms with E-state index in [9.17, 15) is 5.11 Å². The van der Waals surface area contributed by atoms with E-state index >= 15 is 0 Å². The van der Waals surface area contributed by atoms with Crippen LogP contribution in [0, 0.1) is 5.92 Å². The SMILES string of the molecule is C=CC(O)(/C(C)=C\c1ccc(OC)cc1)C(C)CN(C)C. The van der Waals surface area contributed by atoms with Crippen molar-refractivity contribution in [1.29, 1.82) is 0 Å². The molecule has 21 heavy (non-hydrogen) atoms. The Hall–Kier alpha value is -1.58. The van der Waals surface area contributed by atoms with Crippen molar-refractivity contribution in [3.63, 3.8) is 0 Å². The lowest BCUT2D eigenvalue weighted by atomic mass is 9.81. The highest BCUT2D eigenvalue weighted by molar-refractivity contribution is 5.56. The first-order chi connectivity index (χ1) is 9.83. The third kappa shape index (κ3) is 4.45. The second-order valence-electron chi connectivity index (χ2n) is 5.79. The summed E-state index contributed by atoms with van der Waals surface area (Å²) < 4.78 is 5.15. The third-order valence-corrected chi connectivity index (χ3v) is 3.83. The van der Waals surface area contributed by atoms with Gasteiger partial charge in [0, 0.05) is 12.5 Å². The van der Waals surface area contributed by atoms with Crippen molar-refractivity contribution in [1.82, 2.24) is 4.90 Å². The van der Waals surface area contributed by atoms with Crippen LogP contribution in [0.15, 0.2) is 42.5 Å². The minimum atomic E-state index is -1.01. The molecule has 0 heterocycles. The van der Waals surface area contributed by atoms with E-state index in [0.29, 0.717) is 0 Å². The van der Waals surface area contributed by atoms with Crippen molar-refractivity contribution in [3.05, 3.63) is 48.1 Å². The largest absolute Gasteiger partial charge is 0.497 e. The van der Waals surface area contributed by atoms with Crippen LogP contribution < -0.4 is 4.74 Å². The highest BCUT2D eigenvalue weighted by Crippen LogP contribution is 2.29. The average Bonchev–Trinajstić information content (AvgIpc) is 2.46. The van der Waals surface area contributed by atoms with E-state index < -0.39 is 5.60 Å². The summed E-state index contributed by atoms with van der Waals surface area (Å²) in [7, 11) is 5.65. The molecule has 2 atom stereocenters. The van der Waals surface area contributed by atoms with Crippen LogP contribution in [0.4, 0.5) is 0 Å². The van der Waals surface area contributed by atoms with Crippen molar-refractivity contribution in [2.45, 2.75) is 19.4 Å². The van der Waals surface area contributed by atoms with Crippen molar-refractivity contribution < 1.29 is 9.84 Å². The van der Waals surface area contributed by atoms with Crippen LogP contribution >= 0.6 is 0 Å². The number of hydrogen-bond donors (Lipinski definition) is 1. The zero-order valence-electron chi connectivity index (χ0n) is 13.8. The third-order valence-electron chi connectivity index (χ3n) is 3.83. The van der Waals surface area contributed by atoms with Gasteiger partial charge in [0.1, 0.15) is 11.4 Å². The molecule has 0 saturated carbocycles. The Morgan fingerprint density at radius 2 is 1.95 bits per heavy atom. The van der Waals surface area contributed by atoms with Gasteiger partial charge in [0.25, 0.3) is 0 Å². The van der Waals surface area contributed by atoms with Gasteiger partial charge in [-0.25, -0.2) is 0 Å². The molecule has 0 aliphatic rings. The first-order valence-electron chi connectivity index (χ1n) is 7.17. The molecular weight excluding hydrogens is 262 g/mol. The maximum absolute atomic E-state index is 10.9. The molecule has 3 heteroatoms. The Kier molecular flexibility index (Phi) is 6.19. The summed E-state index contributed by atoms with van der Waals surface area (Å²) in [6.07, 6.45) is 3.63. The van der Waals surface area contributed by atoms with Gasteiger partial charge in [-0.05, 0) is 44.3 Å². The zero-order valence-corrected chi connectivity index (χ0v) is 13.8. The Morgan fingerprint density at radius 3 is 2.38 bits per heavy atom.